The molecule has 0 bridgehead atoms. The molecule has 0 aromatic heterocycles. The van der Waals surface area contributed by atoms with Crippen LogP contribution in [0, 0.1) is 41.5 Å². The molecule has 0 spiro atoms. The normalized spacial score (nSPS) is 10.3. The van der Waals surface area contributed by atoms with Crippen molar-refractivity contribution in [3.05, 3.63) is 57.6 Å². The largest absolute Gasteiger partial charge is 1.00 e. The fourth-order valence-electron chi connectivity index (χ4n) is 3.41. The van der Waals surface area contributed by atoms with Crippen molar-refractivity contribution in [2.45, 2.75) is 41.5 Å². The van der Waals surface area contributed by atoms with Crippen LogP contribution >= 0.6 is 0 Å². The van der Waals surface area contributed by atoms with Gasteiger partial charge in [0.25, 0.3) is 0 Å². The minimum Gasteiger partial charge on any atom is -0.561 e. The smallest absolute Gasteiger partial charge is 0.561 e. The minimum atomic E-state index is -1.19. The molecule has 0 unspecified atom stereocenters. The number of rotatable bonds is 3. The van der Waals surface area contributed by atoms with Gasteiger partial charge in [-0.3, -0.25) is 0 Å². The van der Waals surface area contributed by atoms with Crippen LogP contribution in [-0.4, -0.2) is 16.2 Å². The molecule has 0 aliphatic heterocycles. The second-order valence-corrected chi connectivity index (χ2v) is 8.15. The Morgan fingerprint density at radius 2 is 0.909 bits per heavy atom. The van der Waals surface area contributed by atoms with Crippen molar-refractivity contribution in [1.82, 2.24) is 0 Å². The first-order valence-corrected chi connectivity index (χ1v) is 8.83. The summed E-state index contributed by atoms with van der Waals surface area (Å²) in [7, 11) is 0.660. The second-order valence-electron chi connectivity index (χ2n) is 6.08. The van der Waals surface area contributed by atoms with Crippen LogP contribution in [0.1, 0.15) is 33.4 Å². The third-order valence-corrected chi connectivity index (χ3v) is 6.91. The van der Waals surface area contributed by atoms with Crippen LogP contribution in [0.5, 0.6) is 0 Å². The molecule has 22 heavy (non-hydrogen) atoms. The summed E-state index contributed by atoms with van der Waals surface area (Å²) in [5, 5.41) is 2.81. The van der Waals surface area contributed by atoms with Crippen LogP contribution in [0.3, 0.4) is 0 Å². The summed E-state index contributed by atoms with van der Waals surface area (Å²) in [6, 6.07) is 9.07. The predicted molar refractivity (Wildman–Crippen MR) is 93.3 cm³/mol. The standard InChI is InChI=1S/C19H25OSi.Li/c1-12-8-14(3)18(15(4)9-12)21(20-7)19-16(5)10-13(2)11-17(19)6;/h8-11H,1-7H3;/q-1;+1. The molecule has 0 N–H and O–H groups in total. The molecule has 2 aromatic carbocycles. The summed E-state index contributed by atoms with van der Waals surface area (Å²) in [6.07, 6.45) is 0. The van der Waals surface area contributed by atoms with Gasteiger partial charge in [-0.05, 0) is 48.7 Å². The van der Waals surface area contributed by atoms with Crippen molar-refractivity contribution in [2.24, 2.45) is 0 Å². The molecule has 0 amide bonds. The summed E-state index contributed by atoms with van der Waals surface area (Å²) in [4.78, 5) is 0. The van der Waals surface area contributed by atoms with Gasteiger partial charge in [0, 0.05) is 0 Å². The molecule has 0 atom stereocenters. The summed E-state index contributed by atoms with van der Waals surface area (Å²) in [5.74, 6) is 0. The monoisotopic (exact) mass is 304 g/mol. The predicted octanol–water partition coefficient (Wildman–Crippen LogP) is 0.293. The first-order valence-electron chi connectivity index (χ1n) is 7.42. The molecule has 0 saturated heterocycles. The van der Waals surface area contributed by atoms with E-state index in [9.17, 15) is 0 Å². The van der Waals surface area contributed by atoms with Gasteiger partial charge in [-0.1, -0.05) is 57.6 Å². The number of aryl methyl sites for hydroxylation is 6. The van der Waals surface area contributed by atoms with E-state index in [2.05, 4.69) is 65.8 Å². The van der Waals surface area contributed by atoms with Gasteiger partial charge in [0.15, 0.2) is 0 Å². The van der Waals surface area contributed by atoms with Crippen LogP contribution in [-0.2, 0) is 4.43 Å². The SMILES string of the molecule is CO[Si-](c1c(C)cc(C)cc1C)c1c(C)cc(C)cc1C.[Li+]. The third kappa shape index (κ3) is 3.75. The number of benzene rings is 2. The van der Waals surface area contributed by atoms with Gasteiger partial charge in [0.1, 0.15) is 0 Å². The molecule has 0 heterocycles. The van der Waals surface area contributed by atoms with Gasteiger partial charge in [0.2, 0.25) is 0 Å². The van der Waals surface area contributed by atoms with Crippen molar-refractivity contribution < 1.29 is 23.3 Å². The second kappa shape index (κ2) is 7.66. The van der Waals surface area contributed by atoms with E-state index in [4.69, 9.17) is 4.43 Å². The average Bonchev–Trinajstić information content (AvgIpc) is 2.34. The van der Waals surface area contributed by atoms with E-state index < -0.39 is 9.04 Å². The molecular formula is C19H25LiOSi. The molecular weight excluding hydrogens is 279 g/mol. The van der Waals surface area contributed by atoms with E-state index in [1.165, 1.54) is 43.8 Å². The van der Waals surface area contributed by atoms with Crippen LogP contribution in [0.2, 0.25) is 0 Å². The van der Waals surface area contributed by atoms with Crippen LogP contribution in [0.15, 0.2) is 24.3 Å². The van der Waals surface area contributed by atoms with Crippen molar-refractivity contribution in [2.75, 3.05) is 7.11 Å². The summed E-state index contributed by atoms with van der Waals surface area (Å²) in [6.45, 7) is 13.1. The minimum absolute atomic E-state index is 0. The van der Waals surface area contributed by atoms with Gasteiger partial charge in [-0.2, -0.15) is 10.4 Å². The third-order valence-electron chi connectivity index (χ3n) is 4.01. The Morgan fingerprint density at radius 3 is 1.14 bits per heavy atom. The fraction of sp³-hybridized carbons (Fsp3) is 0.368. The van der Waals surface area contributed by atoms with Crippen molar-refractivity contribution in [3.63, 3.8) is 0 Å². The Morgan fingerprint density at radius 1 is 0.636 bits per heavy atom. The molecule has 0 aliphatic carbocycles. The van der Waals surface area contributed by atoms with Crippen molar-refractivity contribution in [1.29, 1.82) is 0 Å². The van der Waals surface area contributed by atoms with Gasteiger partial charge in [-0.15, -0.1) is 9.04 Å². The Balaban J connectivity index is 0.00000242. The van der Waals surface area contributed by atoms with Crippen molar-refractivity contribution in [3.8, 4) is 0 Å². The van der Waals surface area contributed by atoms with Crippen LogP contribution < -0.4 is 29.2 Å². The summed E-state index contributed by atoms with van der Waals surface area (Å²) < 4.78 is 6.03. The fourth-order valence-corrected chi connectivity index (χ4v) is 5.79. The van der Waals surface area contributed by atoms with Crippen LogP contribution in [0.25, 0.3) is 0 Å². The van der Waals surface area contributed by atoms with E-state index >= 15 is 0 Å². The number of hydrogen-bond donors (Lipinski definition) is 0. The molecule has 2 rings (SSSR count). The maximum Gasteiger partial charge on any atom is 1.00 e. The quantitative estimate of drug-likeness (QED) is 0.741. The summed E-state index contributed by atoms with van der Waals surface area (Å²) in [5.41, 5.74) is 8.04. The molecule has 2 aromatic rings. The Labute approximate surface area is 149 Å². The topological polar surface area (TPSA) is 9.23 Å². The average molecular weight is 304 g/mol. The Hall–Kier alpha value is -0.786. The Bertz CT molecular complexity index is 576. The van der Waals surface area contributed by atoms with E-state index in [-0.39, 0.29) is 18.9 Å². The molecule has 1 nitrogen and oxygen atoms in total. The van der Waals surface area contributed by atoms with Gasteiger partial charge < -0.3 is 4.43 Å². The van der Waals surface area contributed by atoms with Gasteiger partial charge in [0.05, 0.1) is 0 Å². The van der Waals surface area contributed by atoms with E-state index in [1.807, 2.05) is 7.11 Å². The molecule has 0 radical (unpaired) electrons. The number of hydrogen-bond acceptors (Lipinski definition) is 1. The van der Waals surface area contributed by atoms with Crippen LogP contribution in [0.4, 0.5) is 0 Å². The Kier molecular flexibility index (Phi) is 6.71. The summed E-state index contributed by atoms with van der Waals surface area (Å²) >= 11 is 0. The zero-order valence-electron chi connectivity index (χ0n) is 15.2. The zero-order valence-corrected chi connectivity index (χ0v) is 16.2. The van der Waals surface area contributed by atoms with Gasteiger partial charge in [-0.25, -0.2) is 0 Å². The maximum atomic E-state index is 6.03. The molecule has 3 heteroatoms. The van der Waals surface area contributed by atoms with Gasteiger partial charge >= 0.3 is 18.9 Å². The van der Waals surface area contributed by atoms with Crippen molar-refractivity contribution >= 4 is 19.4 Å². The first kappa shape index (κ1) is 19.3. The van der Waals surface area contributed by atoms with E-state index in [1.54, 1.807) is 0 Å². The first-order chi connectivity index (χ1) is 9.85. The van der Waals surface area contributed by atoms with E-state index in [0.717, 1.165) is 0 Å². The molecule has 0 fully saturated rings. The molecule has 0 saturated carbocycles. The van der Waals surface area contributed by atoms with E-state index in [0.29, 0.717) is 0 Å². The molecule has 112 valence electrons. The molecule has 0 aliphatic rings. The maximum absolute atomic E-state index is 6.03. The zero-order chi connectivity index (χ0) is 15.7.